The van der Waals surface area contributed by atoms with E-state index in [-0.39, 0.29) is 34.0 Å². The van der Waals surface area contributed by atoms with Gasteiger partial charge in [0.15, 0.2) is 41.3 Å². The lowest BCUT2D eigenvalue weighted by Crippen LogP contribution is -2.30. The van der Waals surface area contributed by atoms with Crippen molar-refractivity contribution >= 4 is 64.8 Å². The number of hydrogen-bond acceptors (Lipinski definition) is 23. The van der Waals surface area contributed by atoms with Crippen LogP contribution in [0.25, 0.3) is 22.3 Å². The monoisotopic (exact) mass is 837 g/mol. The summed E-state index contributed by atoms with van der Waals surface area (Å²) in [6.45, 7) is -5.49. The van der Waals surface area contributed by atoms with Crippen LogP contribution in [0.5, 0.6) is 0 Å². The zero-order valence-electron chi connectivity index (χ0n) is 26.7. The summed E-state index contributed by atoms with van der Waals surface area (Å²) in [6, 6.07) is 0. The number of fused-ring (bicyclic) bond motifs is 2. The van der Waals surface area contributed by atoms with Crippen LogP contribution in [0, 0.1) is 0 Å². The molecule has 0 fully saturated rings. The molecule has 4 unspecified atom stereocenters. The van der Waals surface area contributed by atoms with Gasteiger partial charge >= 0.3 is 23.0 Å². The van der Waals surface area contributed by atoms with Gasteiger partial charge in [0.05, 0.1) is 52.3 Å². The van der Waals surface area contributed by atoms with Gasteiger partial charge in [0, 0.05) is 0 Å². The topological polar surface area (TPSA) is 428 Å². The van der Waals surface area contributed by atoms with E-state index in [1.807, 2.05) is 0 Å². The van der Waals surface area contributed by atoms with Crippen LogP contribution in [0.2, 0.25) is 0 Å². The third-order valence-electron chi connectivity index (χ3n) is 6.47. The number of rotatable bonds is 22. The average molecular weight is 837 g/mol. The molecule has 0 radical (unpaired) electrons. The van der Waals surface area contributed by atoms with Crippen molar-refractivity contribution in [2.24, 2.45) is 0 Å². The normalized spacial score (nSPS) is 19.2. The molecule has 8 atom stereocenters. The second-order valence-electron chi connectivity index (χ2n) is 10.4. The molecule has 4 rings (SSSR count). The van der Waals surface area contributed by atoms with E-state index < -0.39 is 101 Å². The first-order valence-electron chi connectivity index (χ1n) is 14.4. The number of ether oxygens (including phenoxy) is 2. The van der Waals surface area contributed by atoms with Gasteiger partial charge < -0.3 is 65.5 Å². The van der Waals surface area contributed by atoms with Crippen LogP contribution < -0.4 is 16.4 Å². The highest BCUT2D eigenvalue weighted by atomic mass is 31.3. The number of hydrogen-bond donors (Lipinski definition) is 9. The number of aliphatic hydroxyl groups excluding tert-OH is 4. The number of nitrogens with zero attached hydrogens (tertiary/aromatic N) is 8. The maximum absolute atomic E-state index is 12.5. The van der Waals surface area contributed by atoms with Gasteiger partial charge in [0.1, 0.15) is 35.9 Å². The molecular formula is C21H33N10O18P4-. The standard InChI is InChI=1S/C21H34N10O18P4/c22-18-16-20(26-7-24-18)30(9-28-16)14(3-34)46-12(1-32)5-44-52(40,41)48-50(36,37)11-51(38,39)49-53(42,43)45-6-13(2-33)47-15(4-35)31-10-29-17-19(23)25-8-27-21(17)31/h7-10,12-15,32-35H,1-6,11H2,(H,36,37)(H,38,39)(H,40,41)(H,42,43)(H2,22,24,26)(H2,23,25,27)/p-1/t12-,13-,14+,15+/m0/s1. The second kappa shape index (κ2) is 17.7. The predicted molar refractivity (Wildman–Crippen MR) is 172 cm³/mol. The largest absolute Gasteiger partial charge is 0.756 e. The van der Waals surface area contributed by atoms with Gasteiger partial charge in [-0.25, -0.2) is 43.1 Å². The number of phosphoric acid groups is 2. The number of nitrogen functional groups attached to an aromatic ring is 2. The Hall–Kier alpha value is -2.94. The van der Waals surface area contributed by atoms with Crippen LogP contribution in [0.15, 0.2) is 25.3 Å². The molecule has 0 aliphatic heterocycles. The third-order valence-corrected chi connectivity index (χ3v) is 13.9. The lowest BCUT2D eigenvalue weighted by molar-refractivity contribution is -0.221. The van der Waals surface area contributed by atoms with Crippen molar-refractivity contribution < 1.29 is 85.4 Å². The molecule has 0 bridgehead atoms. The van der Waals surface area contributed by atoms with E-state index in [9.17, 15) is 58.3 Å². The van der Waals surface area contributed by atoms with Crippen LogP contribution in [0.4, 0.5) is 11.6 Å². The zero-order valence-corrected chi connectivity index (χ0v) is 30.3. The third kappa shape index (κ3) is 11.5. The van der Waals surface area contributed by atoms with Gasteiger partial charge in [0.25, 0.3) is 7.82 Å². The maximum Gasteiger partial charge on any atom is 0.479 e. The summed E-state index contributed by atoms with van der Waals surface area (Å²) in [5.41, 5.74) is 11.9. The molecule has 4 aromatic heterocycles. The molecular weight excluding hydrogens is 804 g/mol. The van der Waals surface area contributed by atoms with Crippen LogP contribution >= 0.6 is 30.8 Å². The highest BCUT2D eigenvalue weighted by Crippen LogP contribution is 2.69. The Balaban J connectivity index is 1.30. The molecule has 53 heavy (non-hydrogen) atoms. The van der Waals surface area contributed by atoms with E-state index in [0.29, 0.717) is 0 Å². The Morgan fingerprint density at radius 3 is 1.53 bits per heavy atom. The Morgan fingerprint density at radius 1 is 0.660 bits per heavy atom. The quantitative estimate of drug-likeness (QED) is 0.0370. The van der Waals surface area contributed by atoms with Crippen molar-refractivity contribution in [1.29, 1.82) is 0 Å². The molecule has 0 amide bonds. The molecule has 4 aromatic rings. The molecule has 11 N–H and O–H groups in total. The molecule has 296 valence electrons. The van der Waals surface area contributed by atoms with Crippen molar-refractivity contribution in [3.8, 4) is 0 Å². The fourth-order valence-corrected chi connectivity index (χ4v) is 11.0. The first-order chi connectivity index (χ1) is 24.8. The predicted octanol–water partition coefficient (Wildman–Crippen LogP) is -2.47. The lowest BCUT2D eigenvalue weighted by Gasteiger charge is -2.28. The van der Waals surface area contributed by atoms with E-state index in [1.54, 1.807) is 0 Å². The van der Waals surface area contributed by atoms with Crippen molar-refractivity contribution in [2.75, 3.05) is 57.0 Å². The number of aromatic nitrogens is 8. The SMILES string of the molecule is Nc1ncnc2c1ncn2[C@@H](CO)O[C@@H](CO)COP(=O)([O-])OP(=O)(O)CP(=O)(O)OP(=O)(O)OC[C@H](CO)O[C@H](CO)n1cnc2c(N)ncnc21. The van der Waals surface area contributed by atoms with Crippen molar-refractivity contribution in [3.05, 3.63) is 25.3 Å². The molecule has 0 aliphatic rings. The number of imidazole rings is 2. The number of nitrogens with two attached hydrogens (primary N) is 2. The number of phosphoric ester groups is 2. The summed E-state index contributed by atoms with van der Waals surface area (Å²) < 4.78 is 80.2. The molecule has 0 aliphatic carbocycles. The Labute approximate surface area is 296 Å². The summed E-state index contributed by atoms with van der Waals surface area (Å²) in [4.78, 5) is 65.8. The average Bonchev–Trinajstić information content (AvgIpc) is 3.70. The van der Waals surface area contributed by atoms with E-state index in [2.05, 4.69) is 47.6 Å². The molecule has 32 heteroatoms. The second-order valence-corrected chi connectivity index (χ2v) is 17.7. The minimum absolute atomic E-state index is 0.000526. The van der Waals surface area contributed by atoms with Gasteiger partial charge in [-0.3, -0.25) is 27.4 Å². The van der Waals surface area contributed by atoms with Crippen molar-refractivity contribution in [2.45, 2.75) is 24.7 Å². The molecule has 0 spiro atoms. The van der Waals surface area contributed by atoms with Gasteiger partial charge in [0.2, 0.25) is 0 Å². The summed E-state index contributed by atoms with van der Waals surface area (Å²) in [5.74, 6) is -2.09. The molecule has 28 nitrogen and oxygen atoms in total. The maximum atomic E-state index is 12.5. The highest BCUT2D eigenvalue weighted by Gasteiger charge is 2.42. The Morgan fingerprint density at radius 2 is 1.09 bits per heavy atom. The minimum Gasteiger partial charge on any atom is -0.756 e. The summed E-state index contributed by atoms with van der Waals surface area (Å²) in [5, 5.41) is 39.0. The lowest BCUT2D eigenvalue weighted by atomic mass is 10.4. The Kier molecular flexibility index (Phi) is 14.3. The van der Waals surface area contributed by atoms with E-state index in [0.717, 1.165) is 25.3 Å². The van der Waals surface area contributed by atoms with Crippen LogP contribution in [-0.2, 0) is 45.4 Å². The van der Waals surface area contributed by atoms with Crippen molar-refractivity contribution in [1.82, 2.24) is 39.0 Å². The van der Waals surface area contributed by atoms with Gasteiger partial charge in [-0.15, -0.1) is 0 Å². The fourth-order valence-electron chi connectivity index (χ4n) is 4.26. The summed E-state index contributed by atoms with van der Waals surface area (Å²) in [7, 11) is -23.0. The first-order valence-corrected chi connectivity index (χ1v) is 20.9. The van der Waals surface area contributed by atoms with Crippen LogP contribution in [0.1, 0.15) is 12.5 Å². The summed E-state index contributed by atoms with van der Waals surface area (Å²) in [6.07, 6.45) is -1.24. The first kappa shape index (κ1) is 42.8. The van der Waals surface area contributed by atoms with Crippen LogP contribution in [0.3, 0.4) is 0 Å². The van der Waals surface area contributed by atoms with Gasteiger partial charge in [-0.2, -0.15) is 0 Å². The molecule has 0 saturated carbocycles. The number of anilines is 2. The van der Waals surface area contributed by atoms with Crippen molar-refractivity contribution in [3.63, 3.8) is 0 Å². The van der Waals surface area contributed by atoms with E-state index >= 15 is 0 Å². The Bertz CT molecular complexity index is 1910. The molecule has 0 saturated heterocycles. The minimum atomic E-state index is -5.87. The van der Waals surface area contributed by atoms with E-state index in [1.165, 1.54) is 9.13 Å². The molecule has 0 aromatic carbocycles. The van der Waals surface area contributed by atoms with Gasteiger partial charge in [-0.05, 0) is 0 Å². The number of aliphatic hydroxyl groups is 4. The van der Waals surface area contributed by atoms with E-state index in [4.69, 9.17) is 20.9 Å². The summed E-state index contributed by atoms with van der Waals surface area (Å²) >= 11 is 0. The highest BCUT2D eigenvalue weighted by molar-refractivity contribution is 7.76. The smallest absolute Gasteiger partial charge is 0.479 e. The van der Waals surface area contributed by atoms with Gasteiger partial charge in [-0.1, -0.05) is 0 Å². The molecule has 4 heterocycles. The van der Waals surface area contributed by atoms with Crippen LogP contribution in [-0.4, -0.2) is 132 Å². The zero-order chi connectivity index (χ0) is 39.2. The fraction of sp³-hybridized carbons (Fsp3) is 0.524.